The summed E-state index contributed by atoms with van der Waals surface area (Å²) in [5, 5.41) is 9.36. The number of rotatable bonds is 3. The summed E-state index contributed by atoms with van der Waals surface area (Å²) in [5.74, 6) is -0.491. The summed E-state index contributed by atoms with van der Waals surface area (Å²) in [7, 11) is -1.15. The van der Waals surface area contributed by atoms with Crippen molar-refractivity contribution in [1.82, 2.24) is 0 Å². The molecule has 1 N–H and O–H groups in total. The van der Waals surface area contributed by atoms with Crippen LogP contribution in [-0.2, 0) is 10.8 Å². The largest absolute Gasteiger partial charge is 0.478 e. The second-order valence-corrected chi connectivity index (χ2v) is 7.28. The lowest BCUT2D eigenvalue weighted by atomic mass is 9.91. The van der Waals surface area contributed by atoms with Gasteiger partial charge in [0.2, 0.25) is 0 Å². The van der Waals surface area contributed by atoms with E-state index in [0.717, 1.165) is 19.3 Å². The van der Waals surface area contributed by atoms with Gasteiger partial charge in [0.1, 0.15) is 0 Å². The Morgan fingerprint density at radius 2 is 2.16 bits per heavy atom. The maximum atomic E-state index is 12.5. The molecule has 104 valence electrons. The summed E-state index contributed by atoms with van der Waals surface area (Å²) in [6.45, 7) is 2.17. The molecule has 0 saturated heterocycles. The van der Waals surface area contributed by atoms with Crippen molar-refractivity contribution in [1.29, 1.82) is 0 Å². The van der Waals surface area contributed by atoms with Crippen molar-refractivity contribution in [3.63, 3.8) is 0 Å². The van der Waals surface area contributed by atoms with Crippen molar-refractivity contribution in [3.05, 3.63) is 28.8 Å². The minimum atomic E-state index is -1.15. The van der Waals surface area contributed by atoms with Gasteiger partial charge in [-0.15, -0.1) is 0 Å². The Kier molecular flexibility index (Phi) is 4.63. The lowest BCUT2D eigenvalue weighted by molar-refractivity contribution is 0.0697. The fourth-order valence-electron chi connectivity index (χ4n) is 2.56. The normalized spacial score (nSPS) is 24.9. The van der Waals surface area contributed by atoms with Crippen LogP contribution in [-0.4, -0.2) is 20.5 Å². The highest BCUT2D eigenvalue weighted by atomic mass is 35.5. The molecule has 0 amide bonds. The standard InChI is InChI=1S/C14H17ClO3S/c1-9-3-2-4-10(7-9)19(18)11-5-6-13(15)12(8-11)14(16)17/h5-6,8-10H,2-4,7H2,1H3,(H,16,17). The molecule has 0 heterocycles. The molecule has 3 unspecified atom stereocenters. The Morgan fingerprint density at radius 3 is 2.79 bits per heavy atom. The van der Waals surface area contributed by atoms with E-state index in [0.29, 0.717) is 10.8 Å². The van der Waals surface area contributed by atoms with Gasteiger partial charge >= 0.3 is 5.97 Å². The van der Waals surface area contributed by atoms with Crippen LogP contribution < -0.4 is 0 Å². The first-order valence-corrected chi connectivity index (χ1v) is 8.01. The molecule has 0 aliphatic heterocycles. The maximum Gasteiger partial charge on any atom is 0.337 e. The van der Waals surface area contributed by atoms with Gasteiger partial charge in [0.25, 0.3) is 0 Å². The predicted molar refractivity (Wildman–Crippen MR) is 76.2 cm³/mol. The van der Waals surface area contributed by atoms with E-state index in [9.17, 15) is 9.00 Å². The summed E-state index contributed by atoms with van der Waals surface area (Å²) in [4.78, 5) is 11.6. The zero-order chi connectivity index (χ0) is 14.0. The molecule has 3 nitrogen and oxygen atoms in total. The maximum absolute atomic E-state index is 12.5. The van der Waals surface area contributed by atoms with Crippen LogP contribution in [0.25, 0.3) is 0 Å². The van der Waals surface area contributed by atoms with Gasteiger partial charge in [-0.3, -0.25) is 4.21 Å². The molecule has 1 saturated carbocycles. The Labute approximate surface area is 120 Å². The average molecular weight is 301 g/mol. The SMILES string of the molecule is CC1CCCC(S(=O)c2ccc(Cl)c(C(=O)O)c2)C1. The highest BCUT2D eigenvalue weighted by molar-refractivity contribution is 7.85. The van der Waals surface area contributed by atoms with E-state index < -0.39 is 16.8 Å². The molecular weight excluding hydrogens is 284 g/mol. The zero-order valence-corrected chi connectivity index (χ0v) is 12.3. The molecule has 1 aromatic rings. The average Bonchev–Trinajstić information content (AvgIpc) is 2.38. The number of aromatic carboxylic acids is 1. The number of hydrogen-bond donors (Lipinski definition) is 1. The molecular formula is C14H17ClO3S. The van der Waals surface area contributed by atoms with Crippen LogP contribution in [0, 0.1) is 5.92 Å². The van der Waals surface area contributed by atoms with Crippen molar-refractivity contribution in [2.24, 2.45) is 5.92 Å². The molecule has 0 aromatic heterocycles. The third-order valence-corrected chi connectivity index (χ3v) is 5.67. The van der Waals surface area contributed by atoms with E-state index in [1.807, 2.05) is 0 Å². The van der Waals surface area contributed by atoms with E-state index in [4.69, 9.17) is 16.7 Å². The van der Waals surface area contributed by atoms with E-state index >= 15 is 0 Å². The van der Waals surface area contributed by atoms with Gasteiger partial charge in [0, 0.05) is 10.1 Å². The number of benzene rings is 1. The van der Waals surface area contributed by atoms with Crippen LogP contribution in [0.3, 0.4) is 0 Å². The molecule has 1 aliphatic carbocycles. The van der Waals surface area contributed by atoms with Crippen LogP contribution in [0.4, 0.5) is 0 Å². The van der Waals surface area contributed by atoms with E-state index in [2.05, 4.69) is 6.92 Å². The first-order valence-electron chi connectivity index (χ1n) is 6.42. The monoisotopic (exact) mass is 300 g/mol. The van der Waals surface area contributed by atoms with Gasteiger partial charge in [-0.2, -0.15) is 0 Å². The van der Waals surface area contributed by atoms with Crippen molar-refractivity contribution in [2.45, 2.75) is 42.8 Å². The molecule has 0 bridgehead atoms. The summed E-state index contributed by atoms with van der Waals surface area (Å²) in [6.07, 6.45) is 4.17. The summed E-state index contributed by atoms with van der Waals surface area (Å²) in [5.41, 5.74) is 0.0244. The molecule has 2 rings (SSSR count). The molecule has 5 heteroatoms. The fourth-order valence-corrected chi connectivity index (χ4v) is 4.46. The Hall–Kier alpha value is -0.870. The number of carboxylic acid groups (broad SMARTS) is 1. The third-order valence-electron chi connectivity index (χ3n) is 3.59. The Balaban J connectivity index is 2.24. The summed E-state index contributed by atoms with van der Waals surface area (Å²) >= 11 is 5.83. The molecule has 0 spiro atoms. The molecule has 0 radical (unpaired) electrons. The van der Waals surface area contributed by atoms with Crippen molar-refractivity contribution in [2.75, 3.05) is 0 Å². The van der Waals surface area contributed by atoms with Gasteiger partial charge in [-0.25, -0.2) is 4.79 Å². The first kappa shape index (κ1) is 14.5. The number of halogens is 1. The van der Waals surface area contributed by atoms with Gasteiger partial charge < -0.3 is 5.11 Å². The second-order valence-electron chi connectivity index (χ2n) is 5.14. The van der Waals surface area contributed by atoms with E-state index in [-0.39, 0.29) is 15.8 Å². The van der Waals surface area contributed by atoms with Crippen LogP contribution in [0.1, 0.15) is 43.0 Å². The van der Waals surface area contributed by atoms with Gasteiger partial charge in [0.15, 0.2) is 0 Å². The highest BCUT2D eigenvalue weighted by Gasteiger charge is 2.25. The van der Waals surface area contributed by atoms with Crippen molar-refractivity contribution < 1.29 is 14.1 Å². The van der Waals surface area contributed by atoms with Crippen LogP contribution in [0.2, 0.25) is 5.02 Å². The third kappa shape index (κ3) is 3.37. The summed E-state index contributed by atoms with van der Waals surface area (Å²) < 4.78 is 12.5. The predicted octanol–water partition coefficient (Wildman–Crippen LogP) is 3.72. The number of hydrogen-bond acceptors (Lipinski definition) is 2. The fraction of sp³-hybridized carbons (Fsp3) is 0.500. The van der Waals surface area contributed by atoms with Crippen LogP contribution >= 0.6 is 11.6 Å². The van der Waals surface area contributed by atoms with Gasteiger partial charge in [0.05, 0.1) is 21.4 Å². The van der Waals surface area contributed by atoms with Crippen LogP contribution in [0.15, 0.2) is 23.1 Å². The summed E-state index contributed by atoms with van der Waals surface area (Å²) in [6, 6.07) is 4.63. The number of carboxylic acids is 1. The number of carbonyl (C=O) groups is 1. The van der Waals surface area contributed by atoms with Crippen LogP contribution in [0.5, 0.6) is 0 Å². The molecule has 1 aliphatic rings. The topological polar surface area (TPSA) is 54.4 Å². The first-order chi connectivity index (χ1) is 8.99. The minimum absolute atomic E-state index is 0.0244. The molecule has 1 aromatic carbocycles. The second kappa shape index (κ2) is 6.06. The quantitative estimate of drug-likeness (QED) is 0.925. The molecule has 3 atom stereocenters. The highest BCUT2D eigenvalue weighted by Crippen LogP contribution is 2.30. The van der Waals surface area contributed by atoms with Gasteiger partial charge in [-0.1, -0.05) is 31.4 Å². The minimum Gasteiger partial charge on any atom is -0.478 e. The van der Waals surface area contributed by atoms with Gasteiger partial charge in [-0.05, 0) is 37.0 Å². The lowest BCUT2D eigenvalue weighted by Crippen LogP contribution is -2.23. The van der Waals surface area contributed by atoms with E-state index in [1.54, 1.807) is 6.07 Å². The molecule has 19 heavy (non-hydrogen) atoms. The Bertz CT molecular complexity index is 515. The zero-order valence-electron chi connectivity index (χ0n) is 10.8. The molecule has 1 fully saturated rings. The van der Waals surface area contributed by atoms with E-state index in [1.165, 1.54) is 18.6 Å². The smallest absolute Gasteiger partial charge is 0.337 e. The Morgan fingerprint density at radius 1 is 1.42 bits per heavy atom. The van der Waals surface area contributed by atoms with Crippen molar-refractivity contribution in [3.8, 4) is 0 Å². The van der Waals surface area contributed by atoms with Crippen molar-refractivity contribution >= 4 is 28.4 Å². The lowest BCUT2D eigenvalue weighted by Gasteiger charge is -2.26.